The first kappa shape index (κ1) is 13.1. The maximum absolute atomic E-state index is 11.5. The van der Waals surface area contributed by atoms with E-state index in [1.807, 2.05) is 0 Å². The van der Waals surface area contributed by atoms with Crippen molar-refractivity contribution < 1.29 is 22.9 Å². The van der Waals surface area contributed by atoms with Gasteiger partial charge in [-0.1, -0.05) is 0 Å². The highest BCUT2D eigenvalue weighted by atomic mass is 32.2. The summed E-state index contributed by atoms with van der Waals surface area (Å²) in [5.74, 6) is -0.627. The highest BCUT2D eigenvalue weighted by Gasteiger charge is 2.46. The summed E-state index contributed by atoms with van der Waals surface area (Å²) in [6, 6.07) is 0. The molecule has 0 fully saturated rings. The van der Waals surface area contributed by atoms with Crippen molar-refractivity contribution in [2.24, 2.45) is 4.99 Å². The SMILES string of the molecule is CC1(C)C(=O)N=C(S(=O)(=O)O)N1CCCO. The first-order valence-corrected chi connectivity index (χ1v) is 6.14. The molecule has 0 spiro atoms. The third-order valence-corrected chi connectivity index (χ3v) is 3.17. The van der Waals surface area contributed by atoms with Crippen LogP contribution in [0.25, 0.3) is 0 Å². The molecule has 16 heavy (non-hydrogen) atoms. The summed E-state index contributed by atoms with van der Waals surface area (Å²) >= 11 is 0. The third-order valence-electron chi connectivity index (χ3n) is 2.40. The van der Waals surface area contributed by atoms with Crippen LogP contribution in [0.2, 0.25) is 0 Å². The molecule has 1 heterocycles. The van der Waals surface area contributed by atoms with Gasteiger partial charge in [-0.15, -0.1) is 0 Å². The fourth-order valence-corrected chi connectivity index (χ4v) is 2.24. The van der Waals surface area contributed by atoms with Crippen molar-refractivity contribution in [2.75, 3.05) is 13.2 Å². The van der Waals surface area contributed by atoms with Crippen LogP contribution in [0.1, 0.15) is 20.3 Å². The number of nitrogens with zero attached hydrogens (tertiary/aromatic N) is 2. The van der Waals surface area contributed by atoms with Crippen molar-refractivity contribution in [2.45, 2.75) is 25.8 Å². The normalized spacial score (nSPS) is 20.1. The Labute approximate surface area is 93.5 Å². The van der Waals surface area contributed by atoms with E-state index in [0.717, 1.165) is 0 Å². The maximum atomic E-state index is 11.5. The summed E-state index contributed by atoms with van der Waals surface area (Å²) in [5, 5.41) is 8.05. The Morgan fingerprint density at radius 2 is 2.00 bits per heavy atom. The van der Waals surface area contributed by atoms with Crippen molar-refractivity contribution in [1.29, 1.82) is 0 Å². The van der Waals surface area contributed by atoms with Gasteiger partial charge in [0.25, 0.3) is 11.1 Å². The average molecular weight is 250 g/mol. The van der Waals surface area contributed by atoms with Gasteiger partial charge in [0.1, 0.15) is 5.54 Å². The van der Waals surface area contributed by atoms with Crippen LogP contribution in [0.3, 0.4) is 0 Å². The van der Waals surface area contributed by atoms with E-state index >= 15 is 0 Å². The molecule has 0 saturated heterocycles. The molecule has 0 unspecified atom stereocenters. The van der Waals surface area contributed by atoms with Crippen LogP contribution in [-0.2, 0) is 14.9 Å². The van der Waals surface area contributed by atoms with E-state index in [1.54, 1.807) is 0 Å². The minimum Gasteiger partial charge on any atom is -0.396 e. The molecule has 92 valence electrons. The lowest BCUT2D eigenvalue weighted by Gasteiger charge is -2.30. The highest BCUT2D eigenvalue weighted by molar-refractivity contribution is 8.01. The molecule has 7 nitrogen and oxygen atoms in total. The number of hydrogen-bond acceptors (Lipinski definition) is 5. The second-order valence-electron chi connectivity index (χ2n) is 3.96. The van der Waals surface area contributed by atoms with Crippen molar-refractivity contribution in [1.82, 2.24) is 4.90 Å². The summed E-state index contributed by atoms with van der Waals surface area (Å²) in [4.78, 5) is 16.0. The van der Waals surface area contributed by atoms with Crippen LogP contribution < -0.4 is 0 Å². The molecule has 1 aliphatic heterocycles. The van der Waals surface area contributed by atoms with Crippen LogP contribution in [0.15, 0.2) is 4.99 Å². The van der Waals surface area contributed by atoms with Gasteiger partial charge in [-0.3, -0.25) is 9.35 Å². The van der Waals surface area contributed by atoms with Crippen LogP contribution >= 0.6 is 0 Å². The highest BCUT2D eigenvalue weighted by Crippen LogP contribution is 2.25. The van der Waals surface area contributed by atoms with Gasteiger partial charge in [0.05, 0.1) is 0 Å². The van der Waals surface area contributed by atoms with Gasteiger partial charge < -0.3 is 10.0 Å². The van der Waals surface area contributed by atoms with Gasteiger partial charge in [0.15, 0.2) is 0 Å². The standard InChI is InChI=1S/C8H14N2O5S/c1-8(2)6(12)9-7(16(13,14)15)10(8)4-3-5-11/h11H,3-5H2,1-2H3,(H,13,14,15). The van der Waals surface area contributed by atoms with Gasteiger partial charge in [-0.05, 0) is 20.3 Å². The van der Waals surface area contributed by atoms with E-state index in [9.17, 15) is 13.2 Å². The number of rotatable bonds is 3. The number of carbonyl (C=O) groups excluding carboxylic acids is 1. The molecular weight excluding hydrogens is 236 g/mol. The molecule has 1 amide bonds. The Morgan fingerprint density at radius 3 is 2.44 bits per heavy atom. The molecule has 1 aliphatic rings. The Bertz CT molecular complexity index is 426. The number of aliphatic imine (C=N–C) groups is 1. The molecular formula is C8H14N2O5S. The summed E-state index contributed by atoms with van der Waals surface area (Å²) in [5.41, 5.74) is -1.11. The number of amidine groups is 1. The Balaban J connectivity index is 3.08. The summed E-state index contributed by atoms with van der Waals surface area (Å²) in [6.45, 7) is 3.01. The van der Waals surface area contributed by atoms with E-state index in [0.29, 0.717) is 0 Å². The van der Waals surface area contributed by atoms with Gasteiger partial charge in [-0.25, -0.2) is 0 Å². The molecule has 0 aromatic carbocycles. The molecule has 0 aromatic heterocycles. The third kappa shape index (κ3) is 2.23. The molecule has 0 aliphatic carbocycles. The predicted octanol–water partition coefficient (Wildman–Crippen LogP) is -0.767. The van der Waals surface area contributed by atoms with Crippen LogP contribution in [-0.4, -0.2) is 52.7 Å². The van der Waals surface area contributed by atoms with Crippen LogP contribution in [0.4, 0.5) is 0 Å². The van der Waals surface area contributed by atoms with Gasteiger partial charge in [0, 0.05) is 13.2 Å². The fourth-order valence-electron chi connectivity index (χ4n) is 1.44. The van der Waals surface area contributed by atoms with Gasteiger partial charge >= 0.3 is 10.1 Å². The number of aliphatic hydroxyl groups excluding tert-OH is 1. The minimum atomic E-state index is -4.51. The quantitative estimate of drug-likeness (QED) is 0.637. The summed E-state index contributed by atoms with van der Waals surface area (Å²) < 4.78 is 30.9. The molecule has 2 N–H and O–H groups in total. The number of hydrogen-bond donors (Lipinski definition) is 2. The average Bonchev–Trinajstić information content (AvgIpc) is 2.35. The Morgan fingerprint density at radius 1 is 1.44 bits per heavy atom. The number of aliphatic hydroxyl groups is 1. The van der Waals surface area contributed by atoms with E-state index in [-0.39, 0.29) is 19.6 Å². The molecule has 0 bridgehead atoms. The van der Waals surface area contributed by atoms with E-state index in [2.05, 4.69) is 4.99 Å². The predicted molar refractivity (Wildman–Crippen MR) is 56.5 cm³/mol. The second-order valence-corrected chi connectivity index (χ2v) is 5.28. The molecule has 0 saturated carbocycles. The Kier molecular flexibility index (Phi) is 3.36. The van der Waals surface area contributed by atoms with Crippen molar-refractivity contribution in [3.05, 3.63) is 0 Å². The first-order chi connectivity index (χ1) is 7.21. The van der Waals surface area contributed by atoms with Crippen molar-refractivity contribution in [3.8, 4) is 0 Å². The maximum Gasteiger partial charge on any atom is 0.328 e. The zero-order valence-electron chi connectivity index (χ0n) is 9.04. The second kappa shape index (κ2) is 4.11. The van der Waals surface area contributed by atoms with Gasteiger partial charge in [0.2, 0.25) is 0 Å². The lowest BCUT2D eigenvalue weighted by atomic mass is 10.0. The zero-order valence-corrected chi connectivity index (χ0v) is 9.86. The summed E-state index contributed by atoms with van der Waals surface area (Å²) in [7, 11) is -4.51. The molecule has 0 radical (unpaired) electrons. The summed E-state index contributed by atoms with van der Waals surface area (Å²) in [6.07, 6.45) is 0.283. The molecule has 1 rings (SSSR count). The van der Waals surface area contributed by atoms with Crippen molar-refractivity contribution >= 4 is 21.2 Å². The lowest BCUT2D eigenvalue weighted by Crippen LogP contribution is -2.49. The lowest BCUT2D eigenvalue weighted by molar-refractivity contribution is -0.124. The number of amides is 1. The van der Waals surface area contributed by atoms with E-state index < -0.39 is 26.7 Å². The largest absolute Gasteiger partial charge is 0.396 e. The fraction of sp³-hybridized carbons (Fsp3) is 0.750. The Hall–Kier alpha value is -0.990. The molecule has 0 aromatic rings. The monoisotopic (exact) mass is 250 g/mol. The van der Waals surface area contributed by atoms with Gasteiger partial charge in [-0.2, -0.15) is 13.4 Å². The smallest absolute Gasteiger partial charge is 0.328 e. The van der Waals surface area contributed by atoms with E-state index in [1.165, 1.54) is 18.7 Å². The topological polar surface area (TPSA) is 107 Å². The zero-order chi connectivity index (χ0) is 12.6. The van der Waals surface area contributed by atoms with Crippen molar-refractivity contribution in [3.63, 3.8) is 0 Å². The molecule has 0 atom stereocenters. The minimum absolute atomic E-state index is 0.133. The van der Waals surface area contributed by atoms with Crippen LogP contribution in [0.5, 0.6) is 0 Å². The van der Waals surface area contributed by atoms with E-state index in [4.69, 9.17) is 9.66 Å². The van der Waals surface area contributed by atoms with Crippen LogP contribution in [0, 0.1) is 0 Å². The first-order valence-electron chi connectivity index (χ1n) is 4.70. The number of carbonyl (C=O) groups is 1. The molecule has 8 heteroatoms.